The van der Waals surface area contributed by atoms with Crippen LogP contribution >= 0.6 is 11.6 Å². The molecule has 1 aromatic carbocycles. The van der Waals surface area contributed by atoms with Crippen molar-refractivity contribution >= 4 is 17.2 Å². The molecule has 162 valence electrons. The minimum atomic E-state index is -2.68. The number of rotatable bonds is 7. The standard InChI is InChI=1S/C21H21ClF2N6O/c1-12(2)31-11-18-27-20(29(28-18)10-14-5-4-6-15(22)8-14)16-9-25-30-17(19(23)24)7-13(3)26-21(16)30/h4-9,12,19H,10-11H2,1-3H3. The number of aryl methyl sites for hydroxylation is 1. The molecule has 31 heavy (non-hydrogen) atoms. The molecule has 0 aliphatic rings. The number of nitrogens with zero attached hydrogens (tertiary/aromatic N) is 6. The maximum Gasteiger partial charge on any atom is 0.280 e. The van der Waals surface area contributed by atoms with Crippen molar-refractivity contribution in [1.29, 1.82) is 0 Å². The van der Waals surface area contributed by atoms with Crippen molar-refractivity contribution in [3.05, 3.63) is 64.3 Å². The van der Waals surface area contributed by atoms with Gasteiger partial charge in [-0.25, -0.2) is 27.9 Å². The number of ether oxygens (including phenoxy) is 1. The number of fused-ring (bicyclic) bond motifs is 1. The molecule has 7 nitrogen and oxygen atoms in total. The van der Waals surface area contributed by atoms with Crippen LogP contribution in [0.4, 0.5) is 8.78 Å². The van der Waals surface area contributed by atoms with Crippen LogP contribution in [0.1, 0.15) is 43.0 Å². The molecule has 0 aliphatic heterocycles. The largest absolute Gasteiger partial charge is 0.371 e. The molecular weight excluding hydrogens is 426 g/mol. The number of hydrogen-bond acceptors (Lipinski definition) is 5. The molecule has 4 rings (SSSR count). The fourth-order valence-electron chi connectivity index (χ4n) is 3.24. The van der Waals surface area contributed by atoms with E-state index in [2.05, 4.69) is 20.2 Å². The van der Waals surface area contributed by atoms with Crippen LogP contribution in [-0.2, 0) is 17.9 Å². The molecule has 0 radical (unpaired) electrons. The van der Waals surface area contributed by atoms with Gasteiger partial charge in [-0.15, -0.1) is 0 Å². The third-order valence-electron chi connectivity index (χ3n) is 4.57. The quantitative estimate of drug-likeness (QED) is 0.405. The van der Waals surface area contributed by atoms with Gasteiger partial charge in [0.1, 0.15) is 12.3 Å². The number of halogens is 3. The molecular formula is C21H21ClF2N6O. The van der Waals surface area contributed by atoms with Crippen molar-refractivity contribution in [2.75, 3.05) is 0 Å². The van der Waals surface area contributed by atoms with E-state index >= 15 is 0 Å². The van der Waals surface area contributed by atoms with Gasteiger partial charge in [-0.05, 0) is 44.5 Å². The molecule has 0 N–H and O–H groups in total. The van der Waals surface area contributed by atoms with Crippen LogP contribution in [0, 0.1) is 6.92 Å². The first-order valence-corrected chi connectivity index (χ1v) is 10.1. The lowest BCUT2D eigenvalue weighted by Gasteiger charge is -2.07. The number of benzene rings is 1. The van der Waals surface area contributed by atoms with Crippen LogP contribution in [0.15, 0.2) is 36.5 Å². The lowest BCUT2D eigenvalue weighted by Crippen LogP contribution is -2.06. The zero-order chi connectivity index (χ0) is 22.1. The molecule has 0 fully saturated rings. The summed E-state index contributed by atoms with van der Waals surface area (Å²) in [6.45, 7) is 6.12. The minimum absolute atomic E-state index is 0.0122. The van der Waals surface area contributed by atoms with Gasteiger partial charge in [-0.3, -0.25) is 0 Å². The predicted octanol–water partition coefficient (Wildman–Crippen LogP) is 4.86. The Balaban J connectivity index is 1.83. The van der Waals surface area contributed by atoms with Crippen LogP contribution < -0.4 is 0 Å². The van der Waals surface area contributed by atoms with Gasteiger partial charge >= 0.3 is 0 Å². The van der Waals surface area contributed by atoms with Crippen molar-refractivity contribution in [2.45, 2.75) is 46.5 Å². The van der Waals surface area contributed by atoms with Crippen LogP contribution in [0.2, 0.25) is 5.02 Å². The van der Waals surface area contributed by atoms with E-state index in [-0.39, 0.29) is 18.4 Å². The molecule has 10 heteroatoms. The molecule has 3 aromatic heterocycles. The van der Waals surface area contributed by atoms with E-state index in [9.17, 15) is 8.78 Å². The average molecular weight is 447 g/mol. The Morgan fingerprint density at radius 2 is 1.97 bits per heavy atom. The summed E-state index contributed by atoms with van der Waals surface area (Å²) in [5.41, 5.74) is 1.97. The molecule has 0 bridgehead atoms. The van der Waals surface area contributed by atoms with Crippen LogP contribution in [0.5, 0.6) is 0 Å². The van der Waals surface area contributed by atoms with Gasteiger partial charge in [0.05, 0.1) is 24.4 Å². The molecule has 0 spiro atoms. The normalized spacial score (nSPS) is 11.9. The van der Waals surface area contributed by atoms with Crippen molar-refractivity contribution in [3.8, 4) is 11.4 Å². The number of alkyl halides is 2. The summed E-state index contributed by atoms with van der Waals surface area (Å²) in [6, 6.07) is 8.73. The van der Waals surface area contributed by atoms with E-state index in [1.54, 1.807) is 17.7 Å². The second kappa shape index (κ2) is 8.68. The lowest BCUT2D eigenvalue weighted by molar-refractivity contribution is 0.0612. The first-order chi connectivity index (χ1) is 14.8. The highest BCUT2D eigenvalue weighted by Gasteiger charge is 2.22. The third-order valence-corrected chi connectivity index (χ3v) is 4.81. The van der Waals surface area contributed by atoms with Gasteiger partial charge < -0.3 is 4.74 Å². The predicted molar refractivity (Wildman–Crippen MR) is 112 cm³/mol. The molecule has 0 unspecified atom stereocenters. The Bertz CT molecular complexity index is 1220. The van der Waals surface area contributed by atoms with E-state index in [0.29, 0.717) is 40.1 Å². The van der Waals surface area contributed by atoms with Crippen LogP contribution in [0.3, 0.4) is 0 Å². The van der Waals surface area contributed by atoms with E-state index < -0.39 is 6.43 Å². The second-order valence-corrected chi connectivity index (χ2v) is 7.85. The fraction of sp³-hybridized carbons (Fsp3) is 0.333. The second-order valence-electron chi connectivity index (χ2n) is 7.42. The zero-order valence-corrected chi connectivity index (χ0v) is 18.0. The van der Waals surface area contributed by atoms with Gasteiger partial charge in [0, 0.05) is 10.7 Å². The highest BCUT2D eigenvalue weighted by molar-refractivity contribution is 6.30. The maximum atomic E-state index is 13.5. The van der Waals surface area contributed by atoms with Crippen molar-refractivity contribution in [3.63, 3.8) is 0 Å². The summed E-state index contributed by atoms with van der Waals surface area (Å²) in [7, 11) is 0. The zero-order valence-electron chi connectivity index (χ0n) is 17.3. The summed E-state index contributed by atoms with van der Waals surface area (Å²) >= 11 is 6.12. The summed E-state index contributed by atoms with van der Waals surface area (Å²) in [5, 5.41) is 9.33. The van der Waals surface area contributed by atoms with E-state index in [4.69, 9.17) is 16.3 Å². The Morgan fingerprint density at radius 1 is 1.16 bits per heavy atom. The van der Waals surface area contributed by atoms with Crippen LogP contribution in [-0.4, -0.2) is 35.5 Å². The molecule has 0 saturated carbocycles. The molecule has 0 atom stereocenters. The van der Waals surface area contributed by atoms with Crippen molar-refractivity contribution < 1.29 is 13.5 Å². The van der Waals surface area contributed by atoms with Gasteiger partial charge in [0.2, 0.25) is 0 Å². The Hall–Kier alpha value is -2.91. The van der Waals surface area contributed by atoms with E-state index in [1.165, 1.54) is 12.3 Å². The first kappa shape index (κ1) is 21.3. The third kappa shape index (κ3) is 4.57. The van der Waals surface area contributed by atoms with E-state index in [0.717, 1.165) is 10.1 Å². The van der Waals surface area contributed by atoms with Gasteiger partial charge in [0.25, 0.3) is 6.43 Å². The monoisotopic (exact) mass is 446 g/mol. The SMILES string of the molecule is Cc1cc(C(F)F)n2ncc(-c3nc(COC(C)C)nn3Cc3cccc(Cl)c3)c2n1. The lowest BCUT2D eigenvalue weighted by atomic mass is 10.2. The van der Waals surface area contributed by atoms with Crippen molar-refractivity contribution in [1.82, 2.24) is 29.4 Å². The molecule has 0 amide bonds. The van der Waals surface area contributed by atoms with Gasteiger partial charge in [0.15, 0.2) is 17.3 Å². The average Bonchev–Trinajstić information content (AvgIpc) is 3.29. The van der Waals surface area contributed by atoms with Gasteiger partial charge in [-0.2, -0.15) is 10.2 Å². The Kier molecular flexibility index (Phi) is 5.97. The summed E-state index contributed by atoms with van der Waals surface area (Å²) in [4.78, 5) is 9.05. The smallest absolute Gasteiger partial charge is 0.280 e. The van der Waals surface area contributed by atoms with Gasteiger partial charge in [-0.1, -0.05) is 23.7 Å². The Labute approximate surface area is 182 Å². The number of hydrogen-bond donors (Lipinski definition) is 0. The molecule has 0 saturated heterocycles. The maximum absolute atomic E-state index is 13.5. The highest BCUT2D eigenvalue weighted by atomic mass is 35.5. The first-order valence-electron chi connectivity index (χ1n) is 9.75. The van der Waals surface area contributed by atoms with Crippen molar-refractivity contribution in [2.24, 2.45) is 0 Å². The topological polar surface area (TPSA) is 70.1 Å². The Morgan fingerprint density at radius 3 is 2.68 bits per heavy atom. The fourth-order valence-corrected chi connectivity index (χ4v) is 3.45. The highest BCUT2D eigenvalue weighted by Crippen LogP contribution is 2.27. The summed E-state index contributed by atoms with van der Waals surface area (Å²) < 4.78 is 35.5. The van der Waals surface area contributed by atoms with Crippen LogP contribution in [0.25, 0.3) is 17.0 Å². The summed E-state index contributed by atoms with van der Waals surface area (Å²) in [5.74, 6) is 0.947. The minimum Gasteiger partial charge on any atom is -0.371 e. The molecule has 4 aromatic rings. The molecule has 3 heterocycles. The summed E-state index contributed by atoms with van der Waals surface area (Å²) in [6.07, 6.45) is -1.19. The number of aromatic nitrogens is 6. The van der Waals surface area contributed by atoms with E-state index in [1.807, 2.05) is 32.0 Å². The molecule has 0 aliphatic carbocycles.